The van der Waals surface area contributed by atoms with E-state index in [4.69, 9.17) is 11.6 Å². The van der Waals surface area contributed by atoms with Crippen molar-refractivity contribution in [2.24, 2.45) is 5.92 Å². The van der Waals surface area contributed by atoms with Crippen molar-refractivity contribution in [1.29, 1.82) is 0 Å². The Kier molecular flexibility index (Phi) is 3.88. The van der Waals surface area contributed by atoms with Crippen molar-refractivity contribution >= 4 is 28.6 Å². The number of benzene rings is 1. The van der Waals surface area contributed by atoms with Crippen LogP contribution < -0.4 is 5.32 Å². The molecule has 1 heterocycles. The lowest BCUT2D eigenvalue weighted by atomic mass is 10.1. The fourth-order valence-electron chi connectivity index (χ4n) is 2.30. The highest BCUT2D eigenvalue weighted by Crippen LogP contribution is 2.45. The number of rotatable bonds is 4. The van der Waals surface area contributed by atoms with Gasteiger partial charge in [0, 0.05) is 4.88 Å². The van der Waals surface area contributed by atoms with Gasteiger partial charge in [-0.25, -0.2) is 0 Å². The normalized spacial score (nSPS) is 16.8. The van der Waals surface area contributed by atoms with Crippen molar-refractivity contribution in [3.63, 3.8) is 0 Å². The predicted molar refractivity (Wildman–Crippen MR) is 79.9 cm³/mol. The van der Waals surface area contributed by atoms with Crippen molar-refractivity contribution in [3.8, 4) is 0 Å². The number of thiophene rings is 1. The van der Waals surface area contributed by atoms with Crippen LogP contribution in [0.5, 0.6) is 0 Å². The van der Waals surface area contributed by atoms with Gasteiger partial charge in [-0.15, -0.1) is 11.3 Å². The zero-order valence-corrected chi connectivity index (χ0v) is 12.5. The van der Waals surface area contributed by atoms with E-state index >= 15 is 0 Å². The Morgan fingerprint density at radius 1 is 1.24 bits per heavy atom. The maximum atomic E-state index is 12.8. The summed E-state index contributed by atoms with van der Waals surface area (Å²) < 4.78 is 38.4. The predicted octanol–water partition coefficient (Wildman–Crippen LogP) is 5.98. The molecule has 1 N–H and O–H groups in total. The number of anilines is 1. The Morgan fingerprint density at radius 3 is 2.57 bits per heavy atom. The molecule has 2 aromatic rings. The molecule has 21 heavy (non-hydrogen) atoms. The summed E-state index contributed by atoms with van der Waals surface area (Å²) in [6, 6.07) is 7.37. The lowest BCUT2D eigenvalue weighted by Gasteiger charge is -2.20. The maximum absolute atomic E-state index is 12.8. The molecule has 112 valence electrons. The molecule has 1 aromatic heterocycles. The Morgan fingerprint density at radius 2 is 2.00 bits per heavy atom. The van der Waals surface area contributed by atoms with Crippen molar-refractivity contribution in [3.05, 3.63) is 51.2 Å². The number of alkyl halides is 3. The first-order valence-corrected chi connectivity index (χ1v) is 7.87. The third kappa shape index (κ3) is 3.35. The number of hydrogen-bond donors (Lipinski definition) is 1. The van der Waals surface area contributed by atoms with Crippen molar-refractivity contribution in [2.75, 3.05) is 5.32 Å². The molecule has 0 saturated heterocycles. The zero-order valence-electron chi connectivity index (χ0n) is 11.0. The molecule has 1 nitrogen and oxygen atoms in total. The summed E-state index contributed by atoms with van der Waals surface area (Å²) >= 11 is 7.66. The van der Waals surface area contributed by atoms with Gasteiger partial charge in [0.15, 0.2) is 0 Å². The summed E-state index contributed by atoms with van der Waals surface area (Å²) in [6.07, 6.45) is -2.18. The van der Waals surface area contributed by atoms with E-state index in [9.17, 15) is 13.2 Å². The van der Waals surface area contributed by atoms with E-state index in [-0.39, 0.29) is 6.04 Å². The lowest BCUT2D eigenvalue weighted by molar-refractivity contribution is -0.137. The van der Waals surface area contributed by atoms with Crippen LogP contribution in [0, 0.1) is 5.92 Å². The van der Waals surface area contributed by atoms with E-state index in [0.717, 1.165) is 29.9 Å². The Labute approximate surface area is 129 Å². The van der Waals surface area contributed by atoms with Crippen molar-refractivity contribution in [2.45, 2.75) is 25.1 Å². The van der Waals surface area contributed by atoms with E-state index in [0.29, 0.717) is 16.6 Å². The van der Waals surface area contributed by atoms with Gasteiger partial charge >= 0.3 is 6.18 Å². The fourth-order valence-corrected chi connectivity index (χ4v) is 3.34. The maximum Gasteiger partial charge on any atom is 0.416 e. The molecule has 1 unspecified atom stereocenters. The molecule has 1 saturated carbocycles. The SMILES string of the molecule is FC(F)(F)c1ccc(Cl)c(NC(c2cccs2)C2CC2)c1. The summed E-state index contributed by atoms with van der Waals surface area (Å²) in [5.74, 6) is 0.467. The molecule has 6 heteroatoms. The van der Waals surface area contributed by atoms with E-state index in [1.165, 1.54) is 6.07 Å². The average Bonchev–Trinajstić information content (AvgIpc) is 3.11. The van der Waals surface area contributed by atoms with Crippen LogP contribution >= 0.6 is 22.9 Å². The second-order valence-corrected chi connectivity index (χ2v) is 6.55. The monoisotopic (exact) mass is 331 g/mol. The van der Waals surface area contributed by atoms with Crippen LogP contribution in [0.1, 0.15) is 29.3 Å². The molecule has 0 bridgehead atoms. The Hall–Kier alpha value is -1.20. The highest BCUT2D eigenvalue weighted by atomic mass is 35.5. The summed E-state index contributed by atoms with van der Waals surface area (Å²) in [4.78, 5) is 1.13. The van der Waals surface area contributed by atoms with Crippen molar-refractivity contribution < 1.29 is 13.2 Å². The molecule has 0 radical (unpaired) electrons. The summed E-state index contributed by atoms with van der Waals surface area (Å²) in [5, 5.41) is 5.49. The van der Waals surface area contributed by atoms with Gasteiger partial charge in [-0.1, -0.05) is 17.7 Å². The first-order chi connectivity index (χ1) is 9.95. The third-order valence-corrected chi connectivity index (χ3v) is 4.83. The Balaban J connectivity index is 1.89. The lowest BCUT2D eigenvalue weighted by Crippen LogP contribution is -2.13. The third-order valence-electron chi connectivity index (χ3n) is 3.55. The van der Waals surface area contributed by atoms with Crippen LogP contribution in [0.4, 0.5) is 18.9 Å². The van der Waals surface area contributed by atoms with E-state index in [1.54, 1.807) is 11.3 Å². The molecule has 0 spiro atoms. The number of hydrogen-bond acceptors (Lipinski definition) is 2. The minimum atomic E-state index is -4.36. The average molecular weight is 332 g/mol. The second kappa shape index (κ2) is 5.54. The fraction of sp³-hybridized carbons (Fsp3) is 0.333. The topological polar surface area (TPSA) is 12.0 Å². The van der Waals surface area contributed by atoms with Gasteiger partial charge in [0.05, 0.1) is 22.3 Å². The highest BCUT2D eigenvalue weighted by Gasteiger charge is 2.34. The van der Waals surface area contributed by atoms with Crippen LogP contribution in [0.2, 0.25) is 5.02 Å². The first kappa shape index (κ1) is 14.7. The minimum absolute atomic E-state index is 0.0333. The largest absolute Gasteiger partial charge is 0.416 e. The smallest absolute Gasteiger partial charge is 0.376 e. The highest BCUT2D eigenvalue weighted by molar-refractivity contribution is 7.10. The minimum Gasteiger partial charge on any atom is -0.376 e. The van der Waals surface area contributed by atoms with Gasteiger partial charge in [0.25, 0.3) is 0 Å². The van der Waals surface area contributed by atoms with Crippen LogP contribution in [-0.2, 0) is 6.18 Å². The summed E-state index contributed by atoms with van der Waals surface area (Å²) in [6.45, 7) is 0. The molecule has 1 fully saturated rings. The molecular weight excluding hydrogens is 319 g/mol. The zero-order chi connectivity index (χ0) is 15.0. The summed E-state index contributed by atoms with van der Waals surface area (Å²) in [5.41, 5.74) is -0.341. The molecular formula is C15H13ClF3NS. The van der Waals surface area contributed by atoms with Gasteiger partial charge in [-0.3, -0.25) is 0 Å². The Bertz CT molecular complexity index is 620. The van der Waals surface area contributed by atoms with E-state index in [2.05, 4.69) is 5.32 Å². The van der Waals surface area contributed by atoms with Crippen LogP contribution in [0.3, 0.4) is 0 Å². The standard InChI is InChI=1S/C15H13ClF3NS/c16-11-6-5-10(15(17,18)19)8-12(11)20-14(9-3-4-9)13-2-1-7-21-13/h1-2,5-9,14,20H,3-4H2. The second-order valence-electron chi connectivity index (χ2n) is 5.17. The molecule has 1 atom stereocenters. The van der Waals surface area contributed by atoms with Crippen LogP contribution in [0.25, 0.3) is 0 Å². The molecule has 1 aliphatic rings. The molecule has 1 aromatic carbocycles. The van der Waals surface area contributed by atoms with Crippen LogP contribution in [-0.4, -0.2) is 0 Å². The van der Waals surface area contributed by atoms with E-state index in [1.807, 2.05) is 17.5 Å². The molecule has 0 amide bonds. The quantitative estimate of drug-likeness (QED) is 0.726. The first-order valence-electron chi connectivity index (χ1n) is 6.62. The van der Waals surface area contributed by atoms with Gasteiger partial charge in [-0.2, -0.15) is 13.2 Å². The van der Waals surface area contributed by atoms with Crippen molar-refractivity contribution in [1.82, 2.24) is 0 Å². The number of nitrogens with one attached hydrogen (secondary N) is 1. The number of halogens is 4. The van der Waals surface area contributed by atoms with E-state index < -0.39 is 11.7 Å². The molecule has 3 rings (SSSR count). The van der Waals surface area contributed by atoms with Gasteiger partial charge in [0.1, 0.15) is 0 Å². The molecule has 1 aliphatic carbocycles. The van der Waals surface area contributed by atoms with Crippen LogP contribution in [0.15, 0.2) is 35.7 Å². The molecule has 0 aliphatic heterocycles. The van der Waals surface area contributed by atoms with Gasteiger partial charge in [-0.05, 0) is 48.4 Å². The van der Waals surface area contributed by atoms with Gasteiger partial charge in [0.2, 0.25) is 0 Å². The van der Waals surface area contributed by atoms with Gasteiger partial charge < -0.3 is 5.32 Å². The summed E-state index contributed by atoms with van der Waals surface area (Å²) in [7, 11) is 0.